The van der Waals surface area contributed by atoms with Gasteiger partial charge in [0.2, 0.25) is 0 Å². The summed E-state index contributed by atoms with van der Waals surface area (Å²) < 4.78 is 5.22. The molecule has 1 aliphatic heterocycles. The van der Waals surface area contributed by atoms with E-state index in [4.69, 9.17) is 16.1 Å². The number of anilines is 1. The Labute approximate surface area is 199 Å². The molecule has 3 aromatic rings. The van der Waals surface area contributed by atoms with E-state index in [1.165, 1.54) is 17.8 Å². The van der Waals surface area contributed by atoms with Crippen LogP contribution in [0.2, 0.25) is 5.02 Å². The molecule has 4 rings (SSSR count). The van der Waals surface area contributed by atoms with Gasteiger partial charge in [0.1, 0.15) is 16.5 Å². The third-order valence-electron chi connectivity index (χ3n) is 5.58. The summed E-state index contributed by atoms with van der Waals surface area (Å²) in [6.07, 6.45) is 1.67. The van der Waals surface area contributed by atoms with E-state index < -0.39 is 4.92 Å². The van der Waals surface area contributed by atoms with Crippen LogP contribution in [0.25, 0.3) is 0 Å². The first kappa shape index (κ1) is 23.1. The number of thioether (sulfide) groups is 1. The molecule has 0 spiro atoms. The molecule has 0 radical (unpaired) electrons. The Kier molecular flexibility index (Phi) is 6.85. The summed E-state index contributed by atoms with van der Waals surface area (Å²) in [6.45, 7) is 5.61. The summed E-state index contributed by atoms with van der Waals surface area (Å²) in [5, 5.41) is 16.4. The van der Waals surface area contributed by atoms with E-state index in [9.17, 15) is 14.9 Å². The smallest absolute Gasteiger partial charge is 0.294 e. The van der Waals surface area contributed by atoms with Crippen molar-refractivity contribution in [1.29, 1.82) is 0 Å². The number of rotatable bonds is 6. The second kappa shape index (κ2) is 9.80. The van der Waals surface area contributed by atoms with E-state index in [1.807, 2.05) is 18.7 Å². The van der Waals surface area contributed by atoms with E-state index in [1.54, 1.807) is 35.4 Å². The van der Waals surface area contributed by atoms with Crippen LogP contribution in [0.1, 0.15) is 27.4 Å². The Morgan fingerprint density at radius 3 is 2.67 bits per heavy atom. The lowest BCUT2D eigenvalue weighted by Gasteiger charge is -2.36. The molecule has 1 saturated heterocycles. The number of nitrogens with zero attached hydrogens (tertiary/aromatic N) is 5. The number of hydrogen-bond donors (Lipinski definition) is 0. The van der Waals surface area contributed by atoms with Crippen molar-refractivity contribution >= 4 is 40.6 Å². The highest BCUT2D eigenvalue weighted by Gasteiger charge is 2.28. The van der Waals surface area contributed by atoms with Crippen molar-refractivity contribution in [2.75, 3.05) is 31.1 Å². The second-order valence-electron chi connectivity index (χ2n) is 7.62. The normalized spacial score (nSPS) is 13.9. The largest absolute Gasteiger partial charge is 0.362 e. The van der Waals surface area contributed by atoms with Crippen molar-refractivity contribution in [3.8, 4) is 0 Å². The molecule has 0 bridgehead atoms. The van der Waals surface area contributed by atoms with Gasteiger partial charge in [-0.05, 0) is 38.1 Å². The van der Waals surface area contributed by atoms with Crippen LogP contribution in [0.3, 0.4) is 0 Å². The van der Waals surface area contributed by atoms with E-state index in [0.717, 1.165) is 17.0 Å². The lowest BCUT2D eigenvalue weighted by atomic mass is 10.2. The first-order chi connectivity index (χ1) is 15.8. The average molecular weight is 488 g/mol. The number of benzene rings is 1. The first-order valence-electron chi connectivity index (χ1n) is 10.3. The minimum absolute atomic E-state index is 0.0347. The van der Waals surface area contributed by atoms with Gasteiger partial charge in [0.25, 0.3) is 11.6 Å². The van der Waals surface area contributed by atoms with Crippen LogP contribution in [0.5, 0.6) is 0 Å². The highest BCUT2D eigenvalue weighted by molar-refractivity contribution is 7.98. The molecule has 172 valence electrons. The van der Waals surface area contributed by atoms with Gasteiger partial charge < -0.3 is 14.3 Å². The molecule has 1 aromatic carbocycles. The minimum atomic E-state index is -0.434. The van der Waals surface area contributed by atoms with Crippen molar-refractivity contribution in [2.24, 2.45) is 0 Å². The Bertz CT molecular complexity index is 1170. The molecule has 0 aliphatic carbocycles. The van der Waals surface area contributed by atoms with Crippen molar-refractivity contribution in [1.82, 2.24) is 15.0 Å². The molecular formula is C22H22ClN5O4S. The molecule has 1 fully saturated rings. The monoisotopic (exact) mass is 487 g/mol. The molecular weight excluding hydrogens is 466 g/mol. The van der Waals surface area contributed by atoms with E-state index in [-0.39, 0.29) is 11.6 Å². The number of hydrogen-bond acceptors (Lipinski definition) is 8. The van der Waals surface area contributed by atoms with Crippen LogP contribution < -0.4 is 4.90 Å². The van der Waals surface area contributed by atoms with Crippen LogP contribution in [-0.2, 0) is 5.75 Å². The van der Waals surface area contributed by atoms with E-state index in [2.05, 4.69) is 10.1 Å². The number of carbonyl (C=O) groups excluding carboxylic acids is 1. The van der Waals surface area contributed by atoms with E-state index >= 15 is 0 Å². The van der Waals surface area contributed by atoms with Crippen molar-refractivity contribution < 1.29 is 14.2 Å². The number of aryl methyl sites for hydroxylation is 2. The van der Waals surface area contributed by atoms with Gasteiger partial charge in [0.05, 0.1) is 16.2 Å². The number of nitro benzene ring substituents is 1. The van der Waals surface area contributed by atoms with Crippen molar-refractivity contribution in [3.63, 3.8) is 0 Å². The van der Waals surface area contributed by atoms with Gasteiger partial charge in [0, 0.05) is 54.8 Å². The molecule has 0 atom stereocenters. The lowest BCUT2D eigenvalue weighted by molar-refractivity contribution is -0.384. The van der Waals surface area contributed by atoms with E-state index in [0.29, 0.717) is 53.2 Å². The summed E-state index contributed by atoms with van der Waals surface area (Å²) in [6, 6.07) is 8.18. The molecule has 3 heterocycles. The average Bonchev–Trinajstić information content (AvgIpc) is 3.14. The molecule has 0 unspecified atom stereocenters. The van der Waals surface area contributed by atoms with Gasteiger partial charge in [-0.15, -0.1) is 11.8 Å². The Morgan fingerprint density at radius 1 is 1.24 bits per heavy atom. The third-order valence-corrected chi connectivity index (χ3v) is 6.84. The topological polar surface area (TPSA) is 106 Å². The van der Waals surface area contributed by atoms with Gasteiger partial charge in [-0.3, -0.25) is 14.9 Å². The Balaban J connectivity index is 1.45. The summed E-state index contributed by atoms with van der Waals surface area (Å²) in [5.41, 5.74) is 2.85. The summed E-state index contributed by atoms with van der Waals surface area (Å²) >= 11 is 7.40. The fourth-order valence-electron chi connectivity index (χ4n) is 3.75. The fourth-order valence-corrected chi connectivity index (χ4v) is 5.05. The molecule has 11 heteroatoms. The molecule has 0 N–H and O–H groups in total. The van der Waals surface area contributed by atoms with Crippen LogP contribution in [0, 0.1) is 24.0 Å². The quantitative estimate of drug-likeness (QED) is 0.284. The maximum atomic E-state index is 13.3. The van der Waals surface area contributed by atoms with Crippen LogP contribution >= 0.6 is 23.4 Å². The second-order valence-corrected chi connectivity index (χ2v) is 9.02. The molecule has 0 saturated carbocycles. The predicted molar refractivity (Wildman–Crippen MR) is 126 cm³/mol. The number of carbonyl (C=O) groups is 1. The lowest BCUT2D eigenvalue weighted by Crippen LogP contribution is -2.49. The van der Waals surface area contributed by atoms with Gasteiger partial charge >= 0.3 is 0 Å². The number of pyridine rings is 1. The van der Waals surface area contributed by atoms with Crippen molar-refractivity contribution in [3.05, 3.63) is 74.2 Å². The predicted octanol–water partition coefficient (Wildman–Crippen LogP) is 4.50. The number of nitro groups is 1. The fraction of sp³-hybridized carbons (Fsp3) is 0.318. The minimum Gasteiger partial charge on any atom is -0.362 e. The summed E-state index contributed by atoms with van der Waals surface area (Å²) in [5.74, 6) is 1.26. The first-order valence-corrected chi connectivity index (χ1v) is 11.7. The molecule has 1 aliphatic rings. The zero-order chi connectivity index (χ0) is 23.5. The zero-order valence-electron chi connectivity index (χ0n) is 18.2. The highest BCUT2D eigenvalue weighted by atomic mass is 35.5. The van der Waals surface area contributed by atoms with Crippen LogP contribution in [0.4, 0.5) is 11.4 Å². The maximum Gasteiger partial charge on any atom is 0.294 e. The Hall–Kier alpha value is -3.11. The standard InChI is InChI=1S/C22H22ClN5O4S/c1-14-18(15(2)32-25-14)13-33-21-17(4-3-7-24-21)22(29)27-10-8-26(9-11-27)19-6-5-16(23)12-20(19)28(30)31/h3-7,12H,8-11,13H2,1-2H3. The van der Waals surface area contributed by atoms with Gasteiger partial charge in [-0.25, -0.2) is 4.98 Å². The number of aromatic nitrogens is 2. The van der Waals surface area contributed by atoms with Gasteiger partial charge in [0.15, 0.2) is 0 Å². The number of amides is 1. The molecule has 33 heavy (non-hydrogen) atoms. The highest BCUT2D eigenvalue weighted by Crippen LogP contribution is 2.32. The summed E-state index contributed by atoms with van der Waals surface area (Å²) in [4.78, 5) is 32.4. The number of halogens is 1. The Morgan fingerprint density at radius 2 is 2.00 bits per heavy atom. The van der Waals surface area contributed by atoms with Gasteiger partial charge in [-0.2, -0.15) is 0 Å². The number of piperazine rings is 1. The van der Waals surface area contributed by atoms with Crippen LogP contribution in [0.15, 0.2) is 46.1 Å². The molecule has 1 amide bonds. The molecule has 9 nitrogen and oxygen atoms in total. The third kappa shape index (κ3) is 4.96. The maximum absolute atomic E-state index is 13.3. The van der Waals surface area contributed by atoms with Gasteiger partial charge in [-0.1, -0.05) is 16.8 Å². The molecule has 2 aromatic heterocycles. The summed E-state index contributed by atoms with van der Waals surface area (Å²) in [7, 11) is 0. The van der Waals surface area contributed by atoms with Crippen molar-refractivity contribution in [2.45, 2.75) is 24.6 Å². The van der Waals surface area contributed by atoms with Crippen LogP contribution in [-0.4, -0.2) is 52.1 Å². The zero-order valence-corrected chi connectivity index (χ0v) is 19.7. The SMILES string of the molecule is Cc1noc(C)c1CSc1ncccc1C(=O)N1CCN(c2ccc(Cl)cc2[N+](=O)[O-])CC1.